The van der Waals surface area contributed by atoms with E-state index in [-0.39, 0.29) is 29.3 Å². The van der Waals surface area contributed by atoms with Crippen LogP contribution in [-0.2, 0) is 28.2 Å². The van der Waals surface area contributed by atoms with Crippen molar-refractivity contribution >= 4 is 28.8 Å². The van der Waals surface area contributed by atoms with Crippen LogP contribution >= 0.6 is 11.3 Å². The number of hydrogen-bond acceptors (Lipinski definition) is 5. The average molecular weight is 412 g/mol. The van der Waals surface area contributed by atoms with Gasteiger partial charge in [-0.1, -0.05) is 32.9 Å². The highest BCUT2D eigenvalue weighted by Crippen LogP contribution is 2.35. The van der Waals surface area contributed by atoms with Gasteiger partial charge in [-0.05, 0) is 41.2 Å². The van der Waals surface area contributed by atoms with E-state index in [9.17, 15) is 14.4 Å². The fourth-order valence-corrected chi connectivity index (χ4v) is 4.93. The number of hydrogen-bond donors (Lipinski definition) is 0. The second-order valence-corrected chi connectivity index (χ2v) is 9.94. The number of nitrogens with zero attached hydrogens (tertiary/aromatic N) is 1. The molecule has 1 aliphatic heterocycles. The Hall–Kier alpha value is -2.47. The molecule has 2 aliphatic rings. The van der Waals surface area contributed by atoms with Gasteiger partial charge in [0.1, 0.15) is 18.1 Å². The quantitative estimate of drug-likeness (QED) is 0.705. The number of fused-ring (bicyclic) bond motifs is 1. The fourth-order valence-electron chi connectivity index (χ4n) is 3.89. The molecule has 29 heavy (non-hydrogen) atoms. The van der Waals surface area contributed by atoms with Gasteiger partial charge in [-0.15, -0.1) is 11.3 Å². The van der Waals surface area contributed by atoms with Gasteiger partial charge in [-0.25, -0.2) is 0 Å². The third-order valence-corrected chi connectivity index (χ3v) is 6.71. The van der Waals surface area contributed by atoms with E-state index in [1.54, 1.807) is 4.90 Å². The molecule has 0 unspecified atom stereocenters. The lowest BCUT2D eigenvalue weighted by atomic mass is 9.87. The Balaban J connectivity index is 1.39. The highest BCUT2D eigenvalue weighted by Gasteiger charge is 2.40. The maximum atomic E-state index is 12.8. The zero-order valence-electron chi connectivity index (χ0n) is 17.0. The predicted molar refractivity (Wildman–Crippen MR) is 111 cm³/mol. The van der Waals surface area contributed by atoms with E-state index >= 15 is 0 Å². The molecule has 1 atom stereocenters. The topological polar surface area (TPSA) is 63.7 Å². The third kappa shape index (κ3) is 3.99. The summed E-state index contributed by atoms with van der Waals surface area (Å²) in [6, 6.07) is 9.66. The number of Topliss-reactive ketones (excluding diaryl/α,β-unsaturated/α-hetero) is 2. The molecule has 1 aromatic carbocycles. The Morgan fingerprint density at radius 2 is 1.86 bits per heavy atom. The number of carbonyl (C=O) groups excluding carboxylic acids is 3. The van der Waals surface area contributed by atoms with Crippen LogP contribution in [0.1, 0.15) is 65.7 Å². The molecule has 0 N–H and O–H groups in total. The van der Waals surface area contributed by atoms with Crippen molar-refractivity contribution < 1.29 is 19.1 Å². The molecule has 0 spiro atoms. The molecule has 0 saturated heterocycles. The summed E-state index contributed by atoms with van der Waals surface area (Å²) in [6.45, 7) is 7.38. The van der Waals surface area contributed by atoms with Crippen LogP contribution < -0.4 is 4.74 Å². The van der Waals surface area contributed by atoms with E-state index in [0.29, 0.717) is 30.9 Å². The van der Waals surface area contributed by atoms with Crippen LogP contribution in [0.4, 0.5) is 0 Å². The molecule has 5 nitrogen and oxygen atoms in total. The van der Waals surface area contributed by atoms with Gasteiger partial charge in [0.15, 0.2) is 5.78 Å². The number of ether oxygens (including phenoxy) is 1. The van der Waals surface area contributed by atoms with Crippen molar-refractivity contribution in [1.82, 2.24) is 4.90 Å². The summed E-state index contributed by atoms with van der Waals surface area (Å²) in [5.74, 6) is 0.546. The van der Waals surface area contributed by atoms with E-state index in [1.807, 2.05) is 18.2 Å². The van der Waals surface area contributed by atoms with Crippen molar-refractivity contribution in [3.8, 4) is 5.75 Å². The second-order valence-electron chi connectivity index (χ2n) is 8.80. The van der Waals surface area contributed by atoms with Crippen LogP contribution in [0.25, 0.3) is 0 Å². The summed E-state index contributed by atoms with van der Waals surface area (Å²) in [7, 11) is 0. The summed E-state index contributed by atoms with van der Waals surface area (Å²) in [6.07, 6.45) is 0.773. The molecule has 152 valence electrons. The first-order valence-corrected chi connectivity index (χ1v) is 10.7. The lowest BCUT2D eigenvalue weighted by molar-refractivity contribution is -0.133. The highest BCUT2D eigenvalue weighted by atomic mass is 32.1. The SMILES string of the molecule is CC(C)(C)c1ccc(OCc2cc3c(s2)C(=O)N([C@H]2CCC(=O)CC2=O)C3)cc1. The van der Waals surface area contributed by atoms with Gasteiger partial charge in [0.05, 0.1) is 17.3 Å². The number of ketones is 2. The van der Waals surface area contributed by atoms with E-state index in [2.05, 4.69) is 32.9 Å². The standard InChI is InChI=1S/C23H25NO4S/c1-23(2,3)15-4-7-17(8-5-15)28-13-18-10-14-12-24(22(27)21(14)29-18)19-9-6-16(25)11-20(19)26/h4-5,7-8,10,19H,6,9,11-13H2,1-3H3/t19-/m0/s1. The van der Waals surface area contributed by atoms with Crippen molar-refractivity contribution in [2.24, 2.45) is 0 Å². The summed E-state index contributed by atoms with van der Waals surface area (Å²) in [5, 5.41) is 0. The van der Waals surface area contributed by atoms with Crippen molar-refractivity contribution in [3.63, 3.8) is 0 Å². The first-order valence-electron chi connectivity index (χ1n) is 9.92. The summed E-state index contributed by atoms with van der Waals surface area (Å²) >= 11 is 1.43. The molecule has 2 aromatic rings. The lowest BCUT2D eigenvalue weighted by Crippen LogP contribution is -2.44. The van der Waals surface area contributed by atoms with Crippen LogP contribution in [0.3, 0.4) is 0 Å². The van der Waals surface area contributed by atoms with Crippen LogP contribution in [0.2, 0.25) is 0 Å². The zero-order valence-corrected chi connectivity index (χ0v) is 17.8. The number of thiophene rings is 1. The van der Waals surface area contributed by atoms with Gasteiger partial charge in [-0.3, -0.25) is 14.4 Å². The van der Waals surface area contributed by atoms with Crippen LogP contribution in [0.5, 0.6) is 5.75 Å². The van der Waals surface area contributed by atoms with E-state index in [1.165, 1.54) is 16.9 Å². The minimum atomic E-state index is -0.458. The first-order chi connectivity index (χ1) is 13.7. The smallest absolute Gasteiger partial charge is 0.265 e. The largest absolute Gasteiger partial charge is 0.488 e. The monoisotopic (exact) mass is 411 g/mol. The Morgan fingerprint density at radius 1 is 1.14 bits per heavy atom. The van der Waals surface area contributed by atoms with E-state index in [4.69, 9.17) is 4.74 Å². The predicted octanol–water partition coefficient (Wildman–Crippen LogP) is 4.27. The summed E-state index contributed by atoms with van der Waals surface area (Å²) in [4.78, 5) is 39.8. The van der Waals surface area contributed by atoms with Crippen LogP contribution in [0, 0.1) is 0 Å². The molecule has 0 radical (unpaired) electrons. The molecule has 6 heteroatoms. The van der Waals surface area contributed by atoms with Gasteiger partial charge in [-0.2, -0.15) is 0 Å². The van der Waals surface area contributed by atoms with Gasteiger partial charge >= 0.3 is 0 Å². The fraction of sp³-hybridized carbons (Fsp3) is 0.435. The lowest BCUT2D eigenvalue weighted by Gasteiger charge is -2.29. The Bertz CT molecular complexity index is 968. The van der Waals surface area contributed by atoms with Gasteiger partial charge in [0.2, 0.25) is 0 Å². The molecule has 1 saturated carbocycles. The normalized spacial score (nSPS) is 19.6. The molecule has 1 aliphatic carbocycles. The van der Waals surface area contributed by atoms with Crippen LogP contribution in [-0.4, -0.2) is 28.4 Å². The van der Waals surface area contributed by atoms with Gasteiger partial charge in [0, 0.05) is 17.8 Å². The van der Waals surface area contributed by atoms with Gasteiger partial charge < -0.3 is 9.64 Å². The highest BCUT2D eigenvalue weighted by molar-refractivity contribution is 7.14. The summed E-state index contributed by atoms with van der Waals surface area (Å²) < 4.78 is 5.90. The number of amides is 1. The molecular weight excluding hydrogens is 386 g/mol. The minimum absolute atomic E-state index is 0.0253. The summed E-state index contributed by atoms with van der Waals surface area (Å²) in [5.41, 5.74) is 2.31. The van der Waals surface area contributed by atoms with Crippen molar-refractivity contribution in [2.45, 2.75) is 64.6 Å². The Kier molecular flexibility index (Phi) is 5.07. The maximum Gasteiger partial charge on any atom is 0.265 e. The second kappa shape index (κ2) is 7.41. The molecule has 1 aromatic heterocycles. The van der Waals surface area contributed by atoms with Crippen LogP contribution in [0.15, 0.2) is 30.3 Å². The molecule has 4 rings (SSSR count). The van der Waals surface area contributed by atoms with Crippen molar-refractivity contribution in [3.05, 3.63) is 51.2 Å². The number of rotatable bonds is 4. The Labute approximate surface area is 174 Å². The number of benzene rings is 1. The molecule has 1 amide bonds. The Morgan fingerprint density at radius 3 is 2.48 bits per heavy atom. The zero-order chi connectivity index (χ0) is 20.8. The molecule has 2 heterocycles. The third-order valence-electron chi connectivity index (χ3n) is 5.57. The first kappa shape index (κ1) is 19.8. The van der Waals surface area contributed by atoms with E-state index < -0.39 is 6.04 Å². The molecule has 0 bridgehead atoms. The van der Waals surface area contributed by atoms with E-state index in [0.717, 1.165) is 16.2 Å². The van der Waals surface area contributed by atoms with Gasteiger partial charge in [0.25, 0.3) is 5.91 Å². The maximum absolute atomic E-state index is 12.8. The van der Waals surface area contributed by atoms with Crippen molar-refractivity contribution in [1.29, 1.82) is 0 Å². The average Bonchev–Trinajstić information content (AvgIpc) is 3.19. The number of carbonyl (C=O) groups is 3. The molecule has 1 fully saturated rings. The van der Waals surface area contributed by atoms with Crippen molar-refractivity contribution in [2.75, 3.05) is 0 Å². The molecular formula is C23H25NO4S. The minimum Gasteiger partial charge on any atom is -0.488 e.